The Morgan fingerprint density at radius 2 is 1.50 bits per heavy atom. The third kappa shape index (κ3) is 4.78. The fourth-order valence-electron chi connectivity index (χ4n) is 4.42. The van der Waals surface area contributed by atoms with Crippen LogP contribution >= 0.6 is 11.8 Å². The van der Waals surface area contributed by atoms with Gasteiger partial charge in [0.05, 0.1) is 15.4 Å². The van der Waals surface area contributed by atoms with E-state index in [1.54, 1.807) is 12.1 Å². The van der Waals surface area contributed by atoms with Gasteiger partial charge in [-0.1, -0.05) is 62.4 Å². The third-order valence-electron chi connectivity index (χ3n) is 6.11. The van der Waals surface area contributed by atoms with Crippen LogP contribution in [0, 0.1) is 10.1 Å². The van der Waals surface area contributed by atoms with E-state index < -0.39 is 4.92 Å². The monoisotopic (exact) mass is 450 g/mol. The molecule has 0 spiro atoms. The third-order valence-corrected chi connectivity index (χ3v) is 7.25. The first kappa shape index (κ1) is 22.3. The van der Waals surface area contributed by atoms with E-state index >= 15 is 0 Å². The number of rotatable bonds is 6. The molecule has 2 aromatic rings. The molecular weight excluding hydrogens is 424 g/mol. The number of nitro groups is 1. The van der Waals surface area contributed by atoms with Gasteiger partial charge in [0.15, 0.2) is 0 Å². The van der Waals surface area contributed by atoms with Gasteiger partial charge in [-0.25, -0.2) is 0 Å². The summed E-state index contributed by atoms with van der Waals surface area (Å²) in [6.45, 7) is 0. The van der Waals surface area contributed by atoms with Crippen LogP contribution < -0.4 is 0 Å². The van der Waals surface area contributed by atoms with Gasteiger partial charge in [0.2, 0.25) is 0 Å². The van der Waals surface area contributed by atoms with Gasteiger partial charge in [0.25, 0.3) is 17.5 Å². The number of non-ortho nitro benzene ring substituents is 1. The molecule has 1 fully saturated rings. The maximum Gasteiger partial charge on any atom is 0.269 e. The summed E-state index contributed by atoms with van der Waals surface area (Å²) in [6, 6.07) is 15.7. The van der Waals surface area contributed by atoms with Crippen LogP contribution in [0.1, 0.15) is 56.1 Å². The van der Waals surface area contributed by atoms with Crippen molar-refractivity contribution in [2.75, 3.05) is 0 Å². The molecule has 6 nitrogen and oxygen atoms in total. The zero-order chi connectivity index (χ0) is 22.5. The molecule has 0 atom stereocenters. The van der Waals surface area contributed by atoms with E-state index in [-0.39, 0.29) is 23.5 Å². The minimum Gasteiger partial charge on any atom is -0.271 e. The largest absolute Gasteiger partial charge is 0.271 e. The molecule has 1 saturated carbocycles. The van der Waals surface area contributed by atoms with Gasteiger partial charge >= 0.3 is 0 Å². The van der Waals surface area contributed by atoms with Crippen LogP contribution in [0.3, 0.4) is 0 Å². The standard InChI is InChI=1S/C25H26N2O4S/c28-24-22(19-13-15-21(16-14-19)27(30)31)23(32-17-18-9-5-4-6-10-18)25(29)26(24)20-11-7-2-1-3-8-12-20/h4-6,9-10,13-16,20H,1-3,7-8,11-12,17H2. The van der Waals surface area contributed by atoms with Crippen molar-refractivity contribution >= 4 is 34.8 Å². The highest BCUT2D eigenvalue weighted by Gasteiger charge is 2.42. The first-order valence-electron chi connectivity index (χ1n) is 11.1. The summed E-state index contributed by atoms with van der Waals surface area (Å²) in [7, 11) is 0. The Hall–Kier alpha value is -2.93. The van der Waals surface area contributed by atoms with Crippen molar-refractivity contribution < 1.29 is 14.5 Å². The van der Waals surface area contributed by atoms with Crippen LogP contribution in [0.25, 0.3) is 5.57 Å². The Bertz CT molecular complexity index is 1030. The Labute approximate surface area is 191 Å². The molecule has 0 bridgehead atoms. The number of carbonyl (C=O) groups is 2. The molecule has 1 aliphatic carbocycles. The number of thioether (sulfide) groups is 1. The number of benzene rings is 2. The average molecular weight is 451 g/mol. The first-order chi connectivity index (χ1) is 15.6. The summed E-state index contributed by atoms with van der Waals surface area (Å²) in [4.78, 5) is 39.6. The fraction of sp³-hybridized carbons (Fsp3) is 0.360. The molecular formula is C25H26N2O4S. The second kappa shape index (κ2) is 10.1. The molecule has 7 heteroatoms. The highest BCUT2D eigenvalue weighted by atomic mass is 32.2. The zero-order valence-corrected chi connectivity index (χ0v) is 18.7. The molecule has 0 unspecified atom stereocenters. The summed E-state index contributed by atoms with van der Waals surface area (Å²) >= 11 is 1.37. The fourth-order valence-corrected chi connectivity index (χ4v) is 5.49. The van der Waals surface area contributed by atoms with Gasteiger partial charge in [-0.15, -0.1) is 11.8 Å². The molecule has 2 aliphatic rings. The summed E-state index contributed by atoms with van der Waals surface area (Å²) in [5.41, 5.74) is 1.95. The van der Waals surface area contributed by atoms with Gasteiger partial charge in [-0.2, -0.15) is 0 Å². The predicted molar refractivity (Wildman–Crippen MR) is 126 cm³/mol. The van der Waals surface area contributed by atoms with E-state index in [0.717, 1.165) is 44.1 Å². The van der Waals surface area contributed by atoms with Crippen molar-refractivity contribution in [3.63, 3.8) is 0 Å². The van der Waals surface area contributed by atoms with E-state index in [9.17, 15) is 19.7 Å². The van der Waals surface area contributed by atoms with Gasteiger partial charge in [0.1, 0.15) is 0 Å². The smallest absolute Gasteiger partial charge is 0.269 e. The van der Waals surface area contributed by atoms with Crippen molar-refractivity contribution in [1.29, 1.82) is 0 Å². The molecule has 1 heterocycles. The number of nitro benzene ring substituents is 1. The molecule has 0 aromatic heterocycles. The lowest BCUT2D eigenvalue weighted by molar-refractivity contribution is -0.384. The Morgan fingerprint density at radius 1 is 0.875 bits per heavy atom. The maximum atomic E-state index is 13.6. The normalized spacial score (nSPS) is 18.1. The second-order valence-electron chi connectivity index (χ2n) is 8.26. The van der Waals surface area contributed by atoms with E-state index in [2.05, 4.69) is 0 Å². The molecule has 2 aromatic carbocycles. The van der Waals surface area contributed by atoms with Gasteiger partial charge in [0, 0.05) is 23.9 Å². The lowest BCUT2D eigenvalue weighted by atomic mass is 9.95. The van der Waals surface area contributed by atoms with Crippen molar-refractivity contribution in [1.82, 2.24) is 4.90 Å². The zero-order valence-electron chi connectivity index (χ0n) is 17.9. The Kier molecular flexibility index (Phi) is 7.05. The van der Waals surface area contributed by atoms with E-state index in [4.69, 9.17) is 0 Å². The summed E-state index contributed by atoms with van der Waals surface area (Å²) in [6.07, 6.45) is 7.17. The lowest BCUT2D eigenvalue weighted by Crippen LogP contribution is -2.41. The lowest BCUT2D eigenvalue weighted by Gasteiger charge is -2.28. The molecule has 0 N–H and O–H groups in total. The summed E-state index contributed by atoms with van der Waals surface area (Å²) in [5.74, 6) is 0.0734. The van der Waals surface area contributed by atoms with Gasteiger partial charge in [-0.05, 0) is 36.1 Å². The predicted octanol–water partition coefficient (Wildman–Crippen LogP) is 5.72. The number of nitrogens with zero attached hydrogens (tertiary/aromatic N) is 2. The van der Waals surface area contributed by atoms with E-state index in [1.807, 2.05) is 30.3 Å². The second-order valence-corrected chi connectivity index (χ2v) is 9.25. The molecule has 32 heavy (non-hydrogen) atoms. The summed E-state index contributed by atoms with van der Waals surface area (Å²) < 4.78 is 0. The quantitative estimate of drug-likeness (QED) is 0.319. The number of hydrogen-bond donors (Lipinski definition) is 0. The SMILES string of the molecule is O=C1C(SCc2ccccc2)=C(c2ccc([N+](=O)[O-])cc2)C(=O)N1C1CCCCCCC1. The van der Waals surface area contributed by atoms with Crippen LogP contribution in [-0.2, 0) is 15.3 Å². The first-order valence-corrected chi connectivity index (χ1v) is 12.1. The highest BCUT2D eigenvalue weighted by molar-refractivity contribution is 8.03. The van der Waals surface area contributed by atoms with E-state index in [1.165, 1.54) is 35.2 Å². The average Bonchev–Trinajstić information content (AvgIpc) is 3.02. The number of hydrogen-bond acceptors (Lipinski definition) is 5. The minimum absolute atomic E-state index is 0.0403. The Morgan fingerprint density at radius 3 is 2.12 bits per heavy atom. The Balaban J connectivity index is 1.67. The molecule has 166 valence electrons. The highest BCUT2D eigenvalue weighted by Crippen LogP contribution is 2.40. The molecule has 2 amide bonds. The number of imide groups is 1. The van der Waals surface area contributed by atoms with Crippen LogP contribution in [0.2, 0.25) is 0 Å². The number of carbonyl (C=O) groups excluding carboxylic acids is 2. The van der Waals surface area contributed by atoms with Gasteiger partial charge < -0.3 is 0 Å². The van der Waals surface area contributed by atoms with Crippen molar-refractivity contribution in [2.24, 2.45) is 0 Å². The maximum absolute atomic E-state index is 13.6. The molecule has 4 rings (SSSR count). The summed E-state index contributed by atoms with van der Waals surface area (Å²) in [5, 5.41) is 11.1. The van der Waals surface area contributed by atoms with E-state index in [0.29, 0.717) is 21.8 Å². The number of amides is 2. The van der Waals surface area contributed by atoms with Crippen molar-refractivity contribution in [3.05, 3.63) is 80.7 Å². The molecule has 0 radical (unpaired) electrons. The van der Waals surface area contributed by atoms with Crippen LogP contribution in [0.5, 0.6) is 0 Å². The molecule has 1 aliphatic heterocycles. The van der Waals surface area contributed by atoms with Crippen LogP contribution in [0.15, 0.2) is 59.5 Å². The van der Waals surface area contributed by atoms with Crippen LogP contribution in [0.4, 0.5) is 5.69 Å². The minimum atomic E-state index is -0.467. The molecule has 0 saturated heterocycles. The van der Waals surface area contributed by atoms with Gasteiger partial charge in [-0.3, -0.25) is 24.6 Å². The van der Waals surface area contributed by atoms with Crippen molar-refractivity contribution in [3.8, 4) is 0 Å². The topological polar surface area (TPSA) is 80.5 Å². The van der Waals surface area contributed by atoms with Crippen LogP contribution in [-0.4, -0.2) is 27.7 Å². The van der Waals surface area contributed by atoms with Crippen molar-refractivity contribution in [2.45, 2.75) is 56.7 Å².